The molecular weight excluding hydrogens is 438 g/mol. The highest BCUT2D eigenvalue weighted by atomic mass is 35.5. The van der Waals surface area contributed by atoms with Crippen LogP contribution in [0.1, 0.15) is 53.0 Å². The average Bonchev–Trinajstić information content (AvgIpc) is 2.81. The molecule has 6 nitrogen and oxygen atoms in total. The third-order valence-corrected chi connectivity index (χ3v) is 6.26. The van der Waals surface area contributed by atoms with Gasteiger partial charge in [0.05, 0.1) is 10.6 Å². The van der Waals surface area contributed by atoms with E-state index in [1.54, 1.807) is 24.3 Å². The van der Waals surface area contributed by atoms with Gasteiger partial charge in [-0.1, -0.05) is 55.3 Å². The van der Waals surface area contributed by atoms with Crippen molar-refractivity contribution in [3.8, 4) is 0 Å². The summed E-state index contributed by atoms with van der Waals surface area (Å²) in [6, 6.07) is 13.7. The summed E-state index contributed by atoms with van der Waals surface area (Å²) in [4.78, 5) is 40.7. The van der Waals surface area contributed by atoms with Crippen molar-refractivity contribution < 1.29 is 14.4 Å². The highest BCUT2D eigenvalue weighted by molar-refractivity contribution is 6.33. The number of nitrogens with one attached hydrogen (secondary N) is 2. The van der Waals surface area contributed by atoms with E-state index in [9.17, 15) is 14.4 Å². The number of nitrogens with zero attached hydrogens (tertiary/aromatic N) is 1. The molecule has 1 fully saturated rings. The van der Waals surface area contributed by atoms with Gasteiger partial charge in [0.1, 0.15) is 6.04 Å². The number of aryl methyl sites for hydroxylation is 1. The van der Waals surface area contributed by atoms with Crippen LogP contribution in [0.15, 0.2) is 48.5 Å². The molecule has 1 aliphatic rings. The summed E-state index contributed by atoms with van der Waals surface area (Å²) < 4.78 is 0. The van der Waals surface area contributed by atoms with Crippen LogP contribution in [-0.2, 0) is 4.79 Å². The van der Waals surface area contributed by atoms with Crippen molar-refractivity contribution in [3.05, 3.63) is 70.2 Å². The van der Waals surface area contributed by atoms with Gasteiger partial charge in [-0.2, -0.15) is 0 Å². The van der Waals surface area contributed by atoms with E-state index in [1.165, 1.54) is 0 Å². The molecule has 2 N–H and O–H groups in total. The first kappa shape index (κ1) is 24.8. The lowest BCUT2D eigenvalue weighted by Crippen LogP contribution is -2.54. The minimum absolute atomic E-state index is 0.00179. The maximum Gasteiger partial charge on any atom is 0.253 e. The number of carbonyl (C=O) groups is 3. The number of hydrogen-bond donors (Lipinski definition) is 2. The van der Waals surface area contributed by atoms with E-state index < -0.39 is 6.04 Å². The Bertz CT molecular complexity index is 1000. The predicted molar refractivity (Wildman–Crippen MR) is 130 cm³/mol. The van der Waals surface area contributed by atoms with E-state index in [4.69, 9.17) is 11.6 Å². The van der Waals surface area contributed by atoms with E-state index in [0.717, 1.165) is 5.56 Å². The topological polar surface area (TPSA) is 78.5 Å². The largest absolute Gasteiger partial charge is 0.354 e. The van der Waals surface area contributed by atoms with Gasteiger partial charge in [0, 0.05) is 25.2 Å². The Hall–Kier alpha value is -2.86. The van der Waals surface area contributed by atoms with Gasteiger partial charge in [-0.3, -0.25) is 14.4 Å². The second-order valence-corrected chi connectivity index (χ2v) is 9.48. The highest BCUT2D eigenvalue weighted by Gasteiger charge is 2.34. The smallest absolute Gasteiger partial charge is 0.253 e. The quantitative estimate of drug-likeness (QED) is 0.641. The number of hydrogen-bond acceptors (Lipinski definition) is 3. The molecule has 2 aromatic rings. The third kappa shape index (κ3) is 6.57. The Labute approximate surface area is 200 Å². The van der Waals surface area contributed by atoms with Crippen molar-refractivity contribution in [2.24, 2.45) is 11.8 Å². The maximum absolute atomic E-state index is 13.0. The molecule has 1 heterocycles. The number of halogens is 1. The summed E-state index contributed by atoms with van der Waals surface area (Å²) >= 11 is 6.19. The molecule has 0 saturated carbocycles. The van der Waals surface area contributed by atoms with Crippen LogP contribution in [0.25, 0.3) is 0 Å². The Morgan fingerprint density at radius 2 is 1.76 bits per heavy atom. The normalized spacial score (nSPS) is 15.2. The van der Waals surface area contributed by atoms with Crippen molar-refractivity contribution in [2.75, 3.05) is 19.6 Å². The summed E-state index contributed by atoms with van der Waals surface area (Å²) in [5.41, 5.74) is 2.06. The lowest BCUT2D eigenvalue weighted by Gasteiger charge is -2.36. The van der Waals surface area contributed by atoms with E-state index in [2.05, 4.69) is 10.6 Å². The third-order valence-electron chi connectivity index (χ3n) is 5.94. The minimum Gasteiger partial charge on any atom is -0.354 e. The van der Waals surface area contributed by atoms with Gasteiger partial charge in [-0.05, 0) is 55.9 Å². The Morgan fingerprint density at radius 3 is 2.39 bits per heavy atom. The lowest BCUT2D eigenvalue weighted by atomic mass is 9.88. The molecule has 3 amide bonds. The van der Waals surface area contributed by atoms with Crippen molar-refractivity contribution in [1.29, 1.82) is 0 Å². The van der Waals surface area contributed by atoms with Crippen molar-refractivity contribution >= 4 is 29.3 Å². The molecule has 7 heteroatoms. The van der Waals surface area contributed by atoms with Gasteiger partial charge >= 0.3 is 0 Å². The van der Waals surface area contributed by atoms with E-state index in [0.29, 0.717) is 54.5 Å². The van der Waals surface area contributed by atoms with Crippen LogP contribution in [0, 0.1) is 18.8 Å². The average molecular weight is 470 g/mol. The number of piperidine rings is 1. The summed E-state index contributed by atoms with van der Waals surface area (Å²) in [5.74, 6) is -0.359. The fraction of sp³-hybridized carbons (Fsp3) is 0.423. The number of rotatable bonds is 7. The molecule has 0 bridgehead atoms. The number of benzene rings is 2. The molecule has 1 atom stereocenters. The molecule has 1 saturated heterocycles. The Morgan fingerprint density at radius 1 is 1.06 bits per heavy atom. The lowest BCUT2D eigenvalue weighted by molar-refractivity contribution is -0.124. The van der Waals surface area contributed by atoms with Crippen LogP contribution in [0.2, 0.25) is 5.02 Å². The molecule has 176 valence electrons. The first-order chi connectivity index (χ1) is 15.8. The summed E-state index contributed by atoms with van der Waals surface area (Å²) in [6.45, 7) is 7.60. The molecule has 1 aliphatic heterocycles. The first-order valence-electron chi connectivity index (χ1n) is 11.4. The van der Waals surface area contributed by atoms with Crippen molar-refractivity contribution in [1.82, 2.24) is 15.5 Å². The van der Waals surface area contributed by atoms with Gasteiger partial charge < -0.3 is 15.5 Å². The van der Waals surface area contributed by atoms with Gasteiger partial charge in [0.2, 0.25) is 5.91 Å². The summed E-state index contributed by atoms with van der Waals surface area (Å²) in [7, 11) is 0. The zero-order valence-corrected chi connectivity index (χ0v) is 20.2. The summed E-state index contributed by atoms with van der Waals surface area (Å²) in [6.07, 6.45) is 1.25. The van der Waals surface area contributed by atoms with Gasteiger partial charge in [-0.15, -0.1) is 0 Å². The maximum atomic E-state index is 13.0. The summed E-state index contributed by atoms with van der Waals surface area (Å²) in [5, 5.41) is 6.20. The molecule has 0 aromatic heterocycles. The Balaban J connectivity index is 1.70. The van der Waals surface area contributed by atoms with E-state index in [1.807, 2.05) is 49.9 Å². The first-order valence-corrected chi connectivity index (χ1v) is 11.8. The van der Waals surface area contributed by atoms with E-state index >= 15 is 0 Å². The molecule has 0 radical (unpaired) electrons. The second kappa shape index (κ2) is 11.3. The molecule has 2 aromatic carbocycles. The van der Waals surface area contributed by atoms with E-state index in [-0.39, 0.29) is 23.6 Å². The van der Waals surface area contributed by atoms with Crippen molar-refractivity contribution in [2.45, 2.75) is 39.7 Å². The number of likely N-dealkylation sites (tertiary alicyclic amines) is 1. The standard InChI is InChI=1S/C26H32ClN3O3/c1-17(2)16-28-25(32)23(29-24(31)21-9-4-5-10-22(21)27)19-11-13-30(14-12-19)26(33)20-8-6-7-18(3)15-20/h4-10,15,17,19,23H,11-14,16H2,1-3H3,(H,28,32)(H,29,31)/t23-/m1/s1. The zero-order chi connectivity index (χ0) is 24.0. The van der Waals surface area contributed by atoms with Gasteiger partial charge in [0.25, 0.3) is 11.8 Å². The van der Waals surface area contributed by atoms with Crippen LogP contribution in [0.3, 0.4) is 0 Å². The van der Waals surface area contributed by atoms with Crippen LogP contribution in [0.4, 0.5) is 0 Å². The zero-order valence-electron chi connectivity index (χ0n) is 19.4. The SMILES string of the molecule is Cc1cccc(C(=O)N2CCC([C@@H](NC(=O)c3ccccc3Cl)C(=O)NCC(C)C)CC2)c1. The molecule has 0 unspecified atom stereocenters. The number of carbonyl (C=O) groups excluding carboxylic acids is 3. The Kier molecular flexibility index (Phi) is 8.50. The van der Waals surface area contributed by atoms with Crippen LogP contribution < -0.4 is 10.6 Å². The second-order valence-electron chi connectivity index (χ2n) is 9.07. The highest BCUT2D eigenvalue weighted by Crippen LogP contribution is 2.24. The fourth-order valence-electron chi connectivity index (χ4n) is 4.07. The van der Waals surface area contributed by atoms with Gasteiger partial charge in [0.15, 0.2) is 0 Å². The molecule has 0 aliphatic carbocycles. The molecule has 3 rings (SSSR count). The van der Waals surface area contributed by atoms with Crippen LogP contribution in [0.5, 0.6) is 0 Å². The number of amides is 3. The minimum atomic E-state index is -0.691. The predicted octanol–water partition coefficient (Wildman–Crippen LogP) is 4.07. The van der Waals surface area contributed by atoms with Crippen LogP contribution >= 0.6 is 11.6 Å². The molecule has 33 heavy (non-hydrogen) atoms. The van der Waals surface area contributed by atoms with Gasteiger partial charge in [-0.25, -0.2) is 0 Å². The fourth-order valence-corrected chi connectivity index (χ4v) is 4.29. The van der Waals surface area contributed by atoms with Crippen LogP contribution in [-0.4, -0.2) is 48.3 Å². The van der Waals surface area contributed by atoms with Crippen molar-refractivity contribution in [3.63, 3.8) is 0 Å². The molecular formula is C26H32ClN3O3. The molecule has 0 spiro atoms. The monoisotopic (exact) mass is 469 g/mol.